The number of halogens is 2. The normalized spacial score (nSPS) is 20.8. The lowest BCUT2D eigenvalue weighted by molar-refractivity contribution is -0.135. The van der Waals surface area contributed by atoms with Crippen LogP contribution in [0.25, 0.3) is 10.9 Å². The number of hydrogen-bond donors (Lipinski definition) is 2. The number of anilines is 1. The number of nitrogens with zero attached hydrogens (tertiary/aromatic N) is 6. The Hall–Kier alpha value is -3.36. The van der Waals surface area contributed by atoms with Crippen LogP contribution in [-0.4, -0.2) is 91.9 Å². The van der Waals surface area contributed by atoms with E-state index in [2.05, 4.69) is 53.6 Å². The van der Waals surface area contributed by atoms with Gasteiger partial charge in [0, 0.05) is 36.7 Å². The van der Waals surface area contributed by atoms with Gasteiger partial charge >= 0.3 is 6.61 Å². The maximum Gasteiger partial charge on any atom is 0.387 e. The number of rotatable bonds is 11. The highest BCUT2D eigenvalue weighted by molar-refractivity contribution is 7.97. The van der Waals surface area contributed by atoms with Gasteiger partial charge in [0.15, 0.2) is 5.75 Å². The monoisotopic (exact) mass is 656 g/mol. The van der Waals surface area contributed by atoms with Crippen molar-refractivity contribution < 1.29 is 23.1 Å². The number of nitrogens with one attached hydrogen (secondary N) is 2. The molecule has 0 saturated carbocycles. The lowest BCUT2D eigenvalue weighted by atomic mass is 9.86. The van der Waals surface area contributed by atoms with Gasteiger partial charge in [-0.1, -0.05) is 11.9 Å². The van der Waals surface area contributed by atoms with Gasteiger partial charge in [-0.25, -0.2) is 9.97 Å². The summed E-state index contributed by atoms with van der Waals surface area (Å²) in [5, 5.41) is 11.6. The second-order valence-electron chi connectivity index (χ2n) is 12.5. The molecule has 0 aliphatic carbocycles. The van der Waals surface area contributed by atoms with Crippen LogP contribution >= 0.6 is 11.9 Å². The molecule has 3 aromatic rings. The van der Waals surface area contributed by atoms with Crippen LogP contribution in [0.5, 0.6) is 5.75 Å². The predicted octanol–water partition coefficient (Wildman–Crippen LogP) is 4.82. The number of likely N-dealkylation sites (tertiary alicyclic amines) is 1. The van der Waals surface area contributed by atoms with Crippen molar-refractivity contribution in [2.24, 2.45) is 0 Å². The number of alkyl halides is 2. The third kappa shape index (κ3) is 7.77. The van der Waals surface area contributed by atoms with Crippen LogP contribution in [0.3, 0.4) is 0 Å². The van der Waals surface area contributed by atoms with E-state index in [1.165, 1.54) is 23.5 Å². The summed E-state index contributed by atoms with van der Waals surface area (Å²) in [6.07, 6.45) is 8.70. The van der Waals surface area contributed by atoms with Gasteiger partial charge in [-0.2, -0.15) is 13.9 Å². The van der Waals surface area contributed by atoms with E-state index in [1.807, 2.05) is 23.6 Å². The number of fused-ring (bicyclic) bond motifs is 1. The molecule has 3 aliphatic rings. The average Bonchev–Trinajstić information content (AvgIpc) is 3.35. The summed E-state index contributed by atoms with van der Waals surface area (Å²) in [7, 11) is 0. The van der Waals surface area contributed by atoms with E-state index in [0.717, 1.165) is 87.2 Å². The van der Waals surface area contributed by atoms with Crippen LogP contribution in [0.2, 0.25) is 0 Å². The van der Waals surface area contributed by atoms with Crippen molar-refractivity contribution in [3.05, 3.63) is 41.3 Å². The van der Waals surface area contributed by atoms with Crippen LogP contribution in [0, 0.1) is 13.8 Å². The van der Waals surface area contributed by atoms with Gasteiger partial charge in [-0.15, -0.1) is 0 Å². The van der Waals surface area contributed by atoms with Crippen LogP contribution in [0.15, 0.2) is 24.5 Å². The number of aromatic nitrogens is 4. The van der Waals surface area contributed by atoms with E-state index in [1.54, 1.807) is 0 Å². The van der Waals surface area contributed by atoms with Gasteiger partial charge in [0.05, 0.1) is 23.6 Å². The number of benzene rings is 1. The first-order valence-corrected chi connectivity index (χ1v) is 17.1. The quantitative estimate of drug-likeness (QED) is 0.169. The Bertz CT molecular complexity index is 1520. The summed E-state index contributed by atoms with van der Waals surface area (Å²) in [6.45, 7) is 6.53. The summed E-state index contributed by atoms with van der Waals surface area (Å²) in [5.41, 5.74) is 4.50. The average molecular weight is 657 g/mol. The standard InChI is InChI=1S/C32H42F2N8O3S/c1-20-16-28-26(21(2)39-42(28)27-4-5-29(43)38-30(27)44)17-25(20)22-6-11-40(12-7-22)10-3-15-46-41-13-8-23(9-14-41)37-32-35-18-24(19-36-32)45-31(33)34/h16-19,22-23,27,31H,3-15H2,1-2H3,(H,35,36,37)(H,38,43,44). The number of ether oxygens (including phenoxy) is 1. The molecule has 3 aliphatic heterocycles. The molecule has 1 atom stereocenters. The van der Waals surface area contributed by atoms with E-state index in [-0.39, 0.29) is 23.6 Å². The van der Waals surface area contributed by atoms with Crippen molar-refractivity contribution in [3.63, 3.8) is 0 Å². The van der Waals surface area contributed by atoms with Crippen LogP contribution in [0.1, 0.15) is 73.7 Å². The van der Waals surface area contributed by atoms with E-state index in [9.17, 15) is 18.4 Å². The van der Waals surface area contributed by atoms with Gasteiger partial charge in [0.2, 0.25) is 11.9 Å². The maximum absolute atomic E-state index is 12.5. The van der Waals surface area contributed by atoms with E-state index < -0.39 is 12.7 Å². The number of carbonyl (C=O) groups excluding carboxylic acids is 2. The zero-order valence-electron chi connectivity index (χ0n) is 26.4. The highest BCUT2D eigenvalue weighted by atomic mass is 32.2. The second-order valence-corrected chi connectivity index (χ2v) is 13.7. The first-order valence-electron chi connectivity index (χ1n) is 16.2. The highest BCUT2D eigenvalue weighted by Crippen LogP contribution is 2.35. The minimum Gasteiger partial charge on any atom is -0.432 e. The first kappa shape index (κ1) is 32.6. The Kier molecular flexibility index (Phi) is 10.3. The zero-order chi connectivity index (χ0) is 32.2. The molecule has 0 radical (unpaired) electrons. The SMILES string of the molecule is Cc1cc2c(cc1C1CCN(CCCSN3CCC(Nc4ncc(OC(F)F)cn4)CC3)CC1)c(C)nn2C1CCC(=O)NC1=O. The Labute approximate surface area is 272 Å². The van der Waals surface area contributed by atoms with Crippen molar-refractivity contribution in [1.29, 1.82) is 0 Å². The van der Waals surface area contributed by atoms with Gasteiger partial charge in [-0.3, -0.25) is 23.9 Å². The molecular weight excluding hydrogens is 614 g/mol. The molecular formula is C32H42F2N8O3S. The van der Waals surface area contributed by atoms with E-state index in [0.29, 0.717) is 24.7 Å². The zero-order valence-corrected chi connectivity index (χ0v) is 27.2. The molecule has 2 aromatic heterocycles. The fourth-order valence-electron chi connectivity index (χ4n) is 6.87. The van der Waals surface area contributed by atoms with Gasteiger partial charge in [0.1, 0.15) is 6.04 Å². The van der Waals surface area contributed by atoms with Crippen molar-refractivity contribution in [1.82, 2.24) is 34.3 Å². The summed E-state index contributed by atoms with van der Waals surface area (Å²) < 4.78 is 33.2. The van der Waals surface area contributed by atoms with Crippen LogP contribution in [0.4, 0.5) is 14.7 Å². The molecule has 3 saturated heterocycles. The van der Waals surface area contributed by atoms with E-state index in [4.69, 9.17) is 5.10 Å². The second kappa shape index (κ2) is 14.6. The van der Waals surface area contributed by atoms with Crippen molar-refractivity contribution in [2.75, 3.05) is 43.8 Å². The molecule has 248 valence electrons. The predicted molar refractivity (Wildman–Crippen MR) is 173 cm³/mol. The van der Waals surface area contributed by atoms with Gasteiger partial charge in [0.25, 0.3) is 5.91 Å². The largest absolute Gasteiger partial charge is 0.432 e. The molecule has 6 rings (SSSR count). The summed E-state index contributed by atoms with van der Waals surface area (Å²) in [5.74, 6) is 1.51. The Morgan fingerprint density at radius 1 is 1.04 bits per heavy atom. The minimum absolute atomic E-state index is 0.0441. The molecule has 0 spiro atoms. The smallest absolute Gasteiger partial charge is 0.387 e. The van der Waals surface area contributed by atoms with Gasteiger partial charge < -0.3 is 15.0 Å². The number of hydrogen-bond acceptors (Lipinski definition) is 10. The van der Waals surface area contributed by atoms with Crippen molar-refractivity contribution in [3.8, 4) is 5.75 Å². The molecule has 11 nitrogen and oxygen atoms in total. The topological polar surface area (TPSA) is 118 Å². The fraction of sp³-hybridized carbons (Fsp3) is 0.594. The Balaban J connectivity index is 0.913. The van der Waals surface area contributed by atoms with Crippen molar-refractivity contribution >= 4 is 40.6 Å². The molecule has 3 fully saturated rings. The Morgan fingerprint density at radius 2 is 1.78 bits per heavy atom. The molecule has 2 amide bonds. The lowest BCUT2D eigenvalue weighted by Gasteiger charge is -2.33. The van der Waals surface area contributed by atoms with Crippen LogP contribution < -0.4 is 15.4 Å². The third-order valence-electron chi connectivity index (χ3n) is 9.34. The molecule has 14 heteroatoms. The molecule has 1 unspecified atom stereocenters. The number of piperidine rings is 3. The summed E-state index contributed by atoms with van der Waals surface area (Å²) in [6, 6.07) is 4.28. The van der Waals surface area contributed by atoms with Crippen molar-refractivity contribution in [2.45, 2.75) is 83.4 Å². The van der Waals surface area contributed by atoms with E-state index >= 15 is 0 Å². The third-order valence-corrected chi connectivity index (χ3v) is 10.5. The van der Waals surface area contributed by atoms with Crippen LogP contribution in [-0.2, 0) is 9.59 Å². The van der Waals surface area contributed by atoms with Gasteiger partial charge in [-0.05, 0) is 101 Å². The number of carbonyl (C=O) groups is 2. The lowest BCUT2D eigenvalue weighted by Crippen LogP contribution is -2.42. The molecule has 0 bridgehead atoms. The molecule has 1 aromatic carbocycles. The number of amides is 2. The molecule has 5 heterocycles. The number of aryl methyl sites for hydroxylation is 2. The Morgan fingerprint density at radius 3 is 2.48 bits per heavy atom. The first-order chi connectivity index (χ1) is 22.2. The minimum atomic E-state index is -2.88. The molecule has 46 heavy (non-hydrogen) atoms. The summed E-state index contributed by atoms with van der Waals surface area (Å²) in [4.78, 5) is 34.9. The number of imide groups is 1. The maximum atomic E-state index is 12.5. The summed E-state index contributed by atoms with van der Waals surface area (Å²) >= 11 is 1.93. The highest BCUT2D eigenvalue weighted by Gasteiger charge is 2.31. The fourth-order valence-corrected chi connectivity index (χ4v) is 7.85. The molecule has 2 N–H and O–H groups in total.